The smallest absolute Gasteiger partial charge is 0.0738 e. The first-order valence-electron chi connectivity index (χ1n) is 5.56. The van der Waals surface area contributed by atoms with Gasteiger partial charge in [0.05, 0.1) is 17.7 Å². The molecule has 16 heavy (non-hydrogen) atoms. The lowest BCUT2D eigenvalue weighted by atomic mass is 9.84. The summed E-state index contributed by atoms with van der Waals surface area (Å²) in [6.07, 6.45) is 1.46. The topological polar surface area (TPSA) is 21.3 Å². The molecular formula is C12H13BrClNO. The Hall–Kier alpha value is -0.0900. The van der Waals surface area contributed by atoms with E-state index < -0.39 is 0 Å². The van der Waals surface area contributed by atoms with Crippen LogP contribution in [0.3, 0.4) is 0 Å². The molecule has 4 heteroatoms. The minimum Gasteiger partial charge on any atom is -0.373 e. The maximum absolute atomic E-state index is 6.30. The van der Waals surface area contributed by atoms with Gasteiger partial charge in [-0.15, -0.1) is 0 Å². The van der Waals surface area contributed by atoms with Crippen LogP contribution in [0.5, 0.6) is 0 Å². The summed E-state index contributed by atoms with van der Waals surface area (Å²) >= 11 is 9.75. The quantitative estimate of drug-likeness (QED) is 0.795. The van der Waals surface area contributed by atoms with E-state index in [2.05, 4.69) is 27.3 Å². The maximum atomic E-state index is 6.30. The van der Waals surface area contributed by atoms with Crippen LogP contribution in [-0.4, -0.2) is 19.2 Å². The lowest BCUT2D eigenvalue weighted by molar-refractivity contribution is -0.00678. The molecule has 2 heterocycles. The Labute approximate surface area is 108 Å². The van der Waals surface area contributed by atoms with Crippen molar-refractivity contribution in [3.8, 4) is 0 Å². The van der Waals surface area contributed by atoms with Gasteiger partial charge in [-0.05, 0) is 40.5 Å². The van der Waals surface area contributed by atoms with Crippen molar-refractivity contribution in [2.45, 2.75) is 25.0 Å². The van der Waals surface area contributed by atoms with Gasteiger partial charge in [-0.1, -0.05) is 17.7 Å². The van der Waals surface area contributed by atoms with E-state index in [4.69, 9.17) is 16.3 Å². The number of hydrogen-bond acceptors (Lipinski definition) is 2. The van der Waals surface area contributed by atoms with E-state index in [1.165, 1.54) is 5.56 Å². The van der Waals surface area contributed by atoms with Crippen molar-refractivity contribution >= 4 is 27.5 Å². The first-order valence-corrected chi connectivity index (χ1v) is 6.73. The highest BCUT2D eigenvalue weighted by Crippen LogP contribution is 2.39. The second kappa shape index (κ2) is 4.30. The van der Waals surface area contributed by atoms with Gasteiger partial charge >= 0.3 is 0 Å². The Morgan fingerprint density at radius 1 is 1.44 bits per heavy atom. The number of fused-ring (bicyclic) bond motifs is 3. The summed E-state index contributed by atoms with van der Waals surface area (Å²) in [6, 6.07) is 4.22. The fraction of sp³-hybridized carbons (Fsp3) is 0.500. The van der Waals surface area contributed by atoms with Crippen molar-refractivity contribution in [1.29, 1.82) is 0 Å². The molecule has 1 aromatic carbocycles. The van der Waals surface area contributed by atoms with Crippen LogP contribution in [0.15, 0.2) is 16.6 Å². The summed E-state index contributed by atoms with van der Waals surface area (Å²) in [7, 11) is 0. The monoisotopic (exact) mass is 301 g/mol. The van der Waals surface area contributed by atoms with Gasteiger partial charge < -0.3 is 10.1 Å². The van der Waals surface area contributed by atoms with Crippen LogP contribution in [0.1, 0.15) is 23.5 Å². The molecule has 0 bridgehead atoms. The molecule has 0 amide bonds. The summed E-state index contributed by atoms with van der Waals surface area (Å²) in [5.41, 5.74) is 2.51. The number of hydrogen-bond donors (Lipinski definition) is 1. The molecule has 0 aliphatic carbocycles. The Balaban J connectivity index is 2.05. The molecule has 1 N–H and O–H groups in total. The van der Waals surface area contributed by atoms with Gasteiger partial charge in [0, 0.05) is 22.5 Å². The first-order chi connectivity index (χ1) is 7.77. The van der Waals surface area contributed by atoms with Crippen LogP contribution in [0.25, 0.3) is 0 Å². The zero-order valence-corrected chi connectivity index (χ0v) is 11.1. The highest BCUT2D eigenvalue weighted by molar-refractivity contribution is 9.10. The van der Waals surface area contributed by atoms with Crippen molar-refractivity contribution in [2.24, 2.45) is 0 Å². The van der Waals surface area contributed by atoms with Crippen LogP contribution in [0.2, 0.25) is 5.02 Å². The Morgan fingerprint density at radius 3 is 3.19 bits per heavy atom. The molecule has 2 aliphatic rings. The SMILES string of the molecule is Clc1c(Br)ccc2c1CO[C@H]1CCNC[C@H]21. The van der Waals surface area contributed by atoms with E-state index >= 15 is 0 Å². The number of piperidine rings is 1. The highest BCUT2D eigenvalue weighted by Gasteiger charge is 2.33. The largest absolute Gasteiger partial charge is 0.373 e. The first kappa shape index (κ1) is 11.0. The van der Waals surface area contributed by atoms with E-state index in [0.717, 1.165) is 34.6 Å². The Bertz CT molecular complexity index is 424. The number of nitrogens with one attached hydrogen (secondary N) is 1. The van der Waals surface area contributed by atoms with Crippen LogP contribution < -0.4 is 5.32 Å². The molecule has 0 radical (unpaired) electrons. The van der Waals surface area contributed by atoms with Gasteiger partial charge in [0.25, 0.3) is 0 Å². The van der Waals surface area contributed by atoms with Gasteiger partial charge in [-0.25, -0.2) is 0 Å². The number of ether oxygens (including phenoxy) is 1. The van der Waals surface area contributed by atoms with E-state index in [1.807, 2.05) is 6.07 Å². The summed E-state index contributed by atoms with van der Waals surface area (Å²) in [4.78, 5) is 0. The fourth-order valence-electron chi connectivity index (χ4n) is 2.64. The molecule has 1 aromatic rings. The van der Waals surface area contributed by atoms with E-state index in [0.29, 0.717) is 18.6 Å². The molecule has 2 aliphatic heterocycles. The normalized spacial score (nSPS) is 28.4. The second-order valence-electron chi connectivity index (χ2n) is 4.38. The van der Waals surface area contributed by atoms with Gasteiger partial charge in [-0.2, -0.15) is 0 Å². The standard InChI is InChI=1S/C12H13BrClNO/c13-10-2-1-7-8-5-15-4-3-11(8)16-6-9(7)12(10)14/h1-2,8,11,15H,3-6H2/t8-,11+/m1/s1. The van der Waals surface area contributed by atoms with Crippen LogP contribution in [0.4, 0.5) is 0 Å². The molecule has 2 atom stereocenters. The summed E-state index contributed by atoms with van der Waals surface area (Å²) < 4.78 is 6.86. The van der Waals surface area contributed by atoms with E-state index in [9.17, 15) is 0 Å². The molecule has 1 saturated heterocycles. The minimum atomic E-state index is 0.367. The van der Waals surface area contributed by atoms with Gasteiger partial charge in [0.2, 0.25) is 0 Å². The third-order valence-corrected chi connectivity index (χ3v) is 4.81. The number of rotatable bonds is 0. The molecule has 1 fully saturated rings. The fourth-order valence-corrected chi connectivity index (χ4v) is 3.23. The molecule has 3 rings (SSSR count). The predicted molar refractivity (Wildman–Crippen MR) is 68.0 cm³/mol. The van der Waals surface area contributed by atoms with Crippen molar-refractivity contribution in [1.82, 2.24) is 5.32 Å². The lowest BCUT2D eigenvalue weighted by Gasteiger charge is -2.37. The summed E-state index contributed by atoms with van der Waals surface area (Å²) in [6.45, 7) is 2.70. The Morgan fingerprint density at radius 2 is 2.31 bits per heavy atom. The molecule has 0 unspecified atom stereocenters. The molecule has 86 valence electrons. The molecule has 2 nitrogen and oxygen atoms in total. The van der Waals surface area contributed by atoms with Crippen LogP contribution >= 0.6 is 27.5 Å². The molecule has 0 saturated carbocycles. The predicted octanol–water partition coefficient (Wildman–Crippen LogP) is 3.08. The second-order valence-corrected chi connectivity index (χ2v) is 5.61. The summed E-state index contributed by atoms with van der Waals surface area (Å²) in [5, 5.41) is 4.23. The third-order valence-electron chi connectivity index (χ3n) is 3.49. The highest BCUT2D eigenvalue weighted by atomic mass is 79.9. The molecule has 0 spiro atoms. The minimum absolute atomic E-state index is 0.367. The van der Waals surface area contributed by atoms with Crippen molar-refractivity contribution in [2.75, 3.05) is 13.1 Å². The van der Waals surface area contributed by atoms with Gasteiger partial charge in [-0.3, -0.25) is 0 Å². The zero-order valence-electron chi connectivity index (χ0n) is 8.80. The van der Waals surface area contributed by atoms with Crippen LogP contribution in [0, 0.1) is 0 Å². The Kier molecular flexibility index (Phi) is 2.96. The maximum Gasteiger partial charge on any atom is 0.0738 e. The van der Waals surface area contributed by atoms with Crippen molar-refractivity contribution in [3.05, 3.63) is 32.8 Å². The zero-order chi connectivity index (χ0) is 11.1. The van der Waals surface area contributed by atoms with Crippen LogP contribution in [-0.2, 0) is 11.3 Å². The molecule has 0 aromatic heterocycles. The van der Waals surface area contributed by atoms with Gasteiger partial charge in [0.15, 0.2) is 0 Å². The average molecular weight is 303 g/mol. The summed E-state index contributed by atoms with van der Waals surface area (Å²) in [5.74, 6) is 0.461. The number of halogens is 2. The van der Waals surface area contributed by atoms with Crippen molar-refractivity contribution in [3.63, 3.8) is 0 Å². The molecular weight excluding hydrogens is 289 g/mol. The third kappa shape index (κ3) is 1.70. The van der Waals surface area contributed by atoms with E-state index in [1.54, 1.807) is 0 Å². The van der Waals surface area contributed by atoms with Gasteiger partial charge in [0.1, 0.15) is 0 Å². The average Bonchev–Trinajstić information content (AvgIpc) is 2.33. The van der Waals surface area contributed by atoms with Crippen molar-refractivity contribution < 1.29 is 4.74 Å². The van der Waals surface area contributed by atoms with E-state index in [-0.39, 0.29) is 0 Å². The lowest BCUT2D eigenvalue weighted by Crippen LogP contribution is -2.42. The number of benzene rings is 1.